The van der Waals surface area contributed by atoms with Crippen LogP contribution in [0.4, 0.5) is 8.78 Å². The number of hydrogen-bond acceptors (Lipinski definition) is 4. The van der Waals surface area contributed by atoms with Gasteiger partial charge in [-0.1, -0.05) is 22.8 Å². The Morgan fingerprint density at radius 2 is 1.89 bits per heavy atom. The highest BCUT2D eigenvalue weighted by Gasteiger charge is 2.26. The average Bonchev–Trinajstić information content (AvgIpc) is 3.15. The van der Waals surface area contributed by atoms with E-state index in [0.29, 0.717) is 23.3 Å². The van der Waals surface area contributed by atoms with Gasteiger partial charge in [0.1, 0.15) is 11.6 Å². The summed E-state index contributed by atoms with van der Waals surface area (Å²) in [6.07, 6.45) is 1.95. The number of likely N-dealkylation sites (tertiary alicyclic amines) is 1. The van der Waals surface area contributed by atoms with Gasteiger partial charge in [0, 0.05) is 23.7 Å². The molecule has 140 valence electrons. The molecular formula is C20H18ClF2N3O. The van der Waals surface area contributed by atoms with E-state index in [1.807, 2.05) is 0 Å². The van der Waals surface area contributed by atoms with Crippen LogP contribution in [-0.4, -0.2) is 28.1 Å². The standard InChI is InChI=1S/C20H18ClF2N3O/c21-18-10-17(23)8-5-14(18)11-26-9-1-2-15(12-26)20-24-19(25-27-20)13-3-6-16(22)7-4-13/h3-8,10,15H,1-2,9,11-12H2. The van der Waals surface area contributed by atoms with Crippen molar-refractivity contribution in [1.29, 1.82) is 0 Å². The molecule has 2 aromatic carbocycles. The lowest BCUT2D eigenvalue weighted by molar-refractivity contribution is 0.180. The van der Waals surface area contributed by atoms with Gasteiger partial charge in [0.05, 0.1) is 5.92 Å². The van der Waals surface area contributed by atoms with Gasteiger partial charge in [-0.3, -0.25) is 4.90 Å². The number of rotatable bonds is 4. The molecule has 1 aliphatic rings. The molecule has 4 nitrogen and oxygen atoms in total. The van der Waals surface area contributed by atoms with Crippen molar-refractivity contribution in [3.05, 3.63) is 70.6 Å². The largest absolute Gasteiger partial charge is 0.339 e. The number of nitrogens with zero attached hydrogens (tertiary/aromatic N) is 3. The van der Waals surface area contributed by atoms with Crippen LogP contribution in [0, 0.1) is 11.6 Å². The van der Waals surface area contributed by atoms with E-state index in [-0.39, 0.29) is 17.6 Å². The second kappa shape index (κ2) is 7.74. The minimum absolute atomic E-state index is 0.125. The lowest BCUT2D eigenvalue weighted by Crippen LogP contribution is -2.34. The van der Waals surface area contributed by atoms with Gasteiger partial charge in [0.15, 0.2) is 0 Å². The third-order valence-electron chi connectivity index (χ3n) is 4.81. The summed E-state index contributed by atoms with van der Waals surface area (Å²) in [5, 5.41) is 4.47. The van der Waals surface area contributed by atoms with E-state index in [0.717, 1.165) is 37.1 Å². The van der Waals surface area contributed by atoms with E-state index in [2.05, 4.69) is 15.0 Å². The molecule has 0 N–H and O–H groups in total. The number of benzene rings is 2. The van der Waals surface area contributed by atoms with Crippen LogP contribution >= 0.6 is 11.6 Å². The summed E-state index contributed by atoms with van der Waals surface area (Å²) in [6, 6.07) is 10.5. The van der Waals surface area contributed by atoms with Crippen LogP contribution in [0.25, 0.3) is 11.4 Å². The molecule has 27 heavy (non-hydrogen) atoms. The van der Waals surface area contributed by atoms with Crippen molar-refractivity contribution in [1.82, 2.24) is 15.0 Å². The van der Waals surface area contributed by atoms with Gasteiger partial charge in [-0.25, -0.2) is 8.78 Å². The molecule has 0 bridgehead atoms. The molecule has 3 aromatic rings. The Bertz CT molecular complexity index is 929. The van der Waals surface area contributed by atoms with E-state index in [9.17, 15) is 8.78 Å². The Hall–Kier alpha value is -2.31. The fraction of sp³-hybridized carbons (Fsp3) is 0.300. The zero-order chi connectivity index (χ0) is 18.8. The maximum atomic E-state index is 13.2. The molecule has 1 atom stereocenters. The van der Waals surface area contributed by atoms with Gasteiger partial charge in [-0.2, -0.15) is 4.98 Å². The third-order valence-corrected chi connectivity index (χ3v) is 5.16. The zero-order valence-corrected chi connectivity index (χ0v) is 15.3. The smallest absolute Gasteiger partial charge is 0.231 e. The van der Waals surface area contributed by atoms with Crippen molar-refractivity contribution >= 4 is 11.6 Å². The third kappa shape index (κ3) is 4.17. The van der Waals surface area contributed by atoms with Gasteiger partial charge in [0.25, 0.3) is 0 Å². The Kier molecular flexibility index (Phi) is 5.18. The van der Waals surface area contributed by atoms with E-state index in [1.54, 1.807) is 18.2 Å². The maximum absolute atomic E-state index is 13.2. The number of halogens is 3. The molecule has 1 saturated heterocycles. The van der Waals surface area contributed by atoms with Gasteiger partial charge in [-0.05, 0) is 61.3 Å². The van der Waals surface area contributed by atoms with Gasteiger partial charge in [-0.15, -0.1) is 0 Å². The molecule has 0 saturated carbocycles. The SMILES string of the molecule is Fc1ccc(-c2noc(C3CCCN(Cc4ccc(F)cc4Cl)C3)n2)cc1. The first-order valence-corrected chi connectivity index (χ1v) is 9.22. The summed E-state index contributed by atoms with van der Waals surface area (Å²) >= 11 is 6.15. The van der Waals surface area contributed by atoms with Crippen LogP contribution in [0.15, 0.2) is 47.0 Å². The summed E-state index contributed by atoms with van der Waals surface area (Å²) < 4.78 is 31.8. The summed E-state index contributed by atoms with van der Waals surface area (Å²) in [4.78, 5) is 6.76. The molecule has 2 heterocycles. The molecule has 4 rings (SSSR count). The molecular weight excluding hydrogens is 372 g/mol. The average molecular weight is 390 g/mol. The molecule has 1 fully saturated rings. The molecule has 0 spiro atoms. The molecule has 0 amide bonds. The van der Waals surface area contributed by atoms with Crippen LogP contribution in [0.1, 0.15) is 30.2 Å². The minimum Gasteiger partial charge on any atom is -0.339 e. The highest BCUT2D eigenvalue weighted by Crippen LogP contribution is 2.29. The number of hydrogen-bond donors (Lipinski definition) is 0. The first kappa shape index (κ1) is 18.1. The van der Waals surface area contributed by atoms with Crippen molar-refractivity contribution in [3.8, 4) is 11.4 Å². The molecule has 7 heteroatoms. The first-order valence-electron chi connectivity index (χ1n) is 8.84. The molecule has 1 unspecified atom stereocenters. The molecule has 1 aliphatic heterocycles. The predicted molar refractivity (Wildman–Crippen MR) is 98.4 cm³/mol. The van der Waals surface area contributed by atoms with Crippen molar-refractivity contribution in [2.75, 3.05) is 13.1 Å². The van der Waals surface area contributed by atoms with Crippen molar-refractivity contribution in [2.45, 2.75) is 25.3 Å². The van der Waals surface area contributed by atoms with Gasteiger partial charge >= 0.3 is 0 Å². The Morgan fingerprint density at radius 1 is 1.11 bits per heavy atom. The Balaban J connectivity index is 1.46. The maximum Gasteiger partial charge on any atom is 0.231 e. The van der Waals surface area contributed by atoms with E-state index < -0.39 is 0 Å². The second-order valence-corrected chi connectivity index (χ2v) is 7.18. The van der Waals surface area contributed by atoms with E-state index in [1.165, 1.54) is 24.3 Å². The highest BCUT2D eigenvalue weighted by atomic mass is 35.5. The normalized spacial score (nSPS) is 18.0. The van der Waals surface area contributed by atoms with E-state index >= 15 is 0 Å². The highest BCUT2D eigenvalue weighted by molar-refractivity contribution is 6.31. The topological polar surface area (TPSA) is 42.2 Å². The second-order valence-electron chi connectivity index (χ2n) is 6.77. The lowest BCUT2D eigenvalue weighted by atomic mass is 9.97. The van der Waals surface area contributed by atoms with Crippen molar-refractivity contribution in [2.24, 2.45) is 0 Å². The van der Waals surface area contributed by atoms with Crippen LogP contribution in [0.2, 0.25) is 5.02 Å². The van der Waals surface area contributed by atoms with Crippen LogP contribution in [0.3, 0.4) is 0 Å². The zero-order valence-electron chi connectivity index (χ0n) is 14.5. The lowest BCUT2D eigenvalue weighted by Gasteiger charge is -2.31. The molecule has 0 radical (unpaired) electrons. The van der Waals surface area contributed by atoms with Crippen LogP contribution in [-0.2, 0) is 6.54 Å². The summed E-state index contributed by atoms with van der Waals surface area (Å²) in [5.74, 6) is 0.539. The van der Waals surface area contributed by atoms with Crippen molar-refractivity contribution < 1.29 is 13.3 Å². The fourth-order valence-electron chi connectivity index (χ4n) is 3.41. The number of piperidine rings is 1. The summed E-state index contributed by atoms with van der Waals surface area (Å²) in [5.41, 5.74) is 1.62. The Morgan fingerprint density at radius 3 is 2.67 bits per heavy atom. The van der Waals surface area contributed by atoms with Crippen LogP contribution < -0.4 is 0 Å². The fourth-order valence-corrected chi connectivity index (χ4v) is 3.64. The minimum atomic E-state index is -0.334. The summed E-state index contributed by atoms with van der Waals surface area (Å²) in [7, 11) is 0. The Labute approximate surface area is 160 Å². The first-order chi connectivity index (χ1) is 13.1. The summed E-state index contributed by atoms with van der Waals surface area (Å²) in [6.45, 7) is 2.34. The predicted octanol–water partition coefficient (Wildman–Crippen LogP) is 5.05. The monoisotopic (exact) mass is 389 g/mol. The number of aromatic nitrogens is 2. The van der Waals surface area contributed by atoms with Gasteiger partial charge in [0.2, 0.25) is 11.7 Å². The quantitative estimate of drug-likeness (QED) is 0.626. The molecule has 1 aromatic heterocycles. The molecule has 0 aliphatic carbocycles. The van der Waals surface area contributed by atoms with Crippen LogP contribution in [0.5, 0.6) is 0 Å². The van der Waals surface area contributed by atoms with E-state index in [4.69, 9.17) is 16.1 Å². The van der Waals surface area contributed by atoms with Gasteiger partial charge < -0.3 is 4.52 Å². The van der Waals surface area contributed by atoms with Crippen molar-refractivity contribution in [3.63, 3.8) is 0 Å².